The molecule has 0 aromatic heterocycles. The molecule has 1 aromatic rings. The minimum absolute atomic E-state index is 0.806. The third kappa shape index (κ3) is 6.46. The second kappa shape index (κ2) is 9.77. The second-order valence-electron chi connectivity index (χ2n) is 5.69. The van der Waals surface area contributed by atoms with Gasteiger partial charge < -0.3 is 20.3 Å². The van der Waals surface area contributed by atoms with Crippen LogP contribution in [0, 0.1) is 0 Å². The Bertz CT molecular complexity index is 364. The van der Waals surface area contributed by atoms with E-state index in [0.717, 1.165) is 38.3 Å². The minimum atomic E-state index is 0.806. The van der Waals surface area contributed by atoms with Gasteiger partial charge in [-0.25, -0.2) is 0 Å². The molecule has 1 heterocycles. The predicted molar refractivity (Wildman–Crippen MR) is 87.7 cm³/mol. The number of benzene rings is 1. The molecule has 1 saturated heterocycles. The molecule has 0 bridgehead atoms. The van der Waals surface area contributed by atoms with Crippen LogP contribution in [0.15, 0.2) is 30.3 Å². The summed E-state index contributed by atoms with van der Waals surface area (Å²) in [5, 5.41) is 0. The van der Waals surface area contributed by atoms with Gasteiger partial charge in [0, 0.05) is 32.7 Å². The summed E-state index contributed by atoms with van der Waals surface area (Å²) in [5.41, 5.74) is 5.54. The van der Waals surface area contributed by atoms with Crippen molar-refractivity contribution in [3.05, 3.63) is 30.3 Å². The van der Waals surface area contributed by atoms with Gasteiger partial charge in [0.25, 0.3) is 0 Å². The lowest BCUT2D eigenvalue weighted by molar-refractivity contribution is 0.125. The summed E-state index contributed by atoms with van der Waals surface area (Å²) in [4.78, 5) is 5.11. The van der Waals surface area contributed by atoms with Crippen molar-refractivity contribution < 1.29 is 4.74 Å². The van der Waals surface area contributed by atoms with Crippen LogP contribution >= 0.6 is 0 Å². The van der Waals surface area contributed by atoms with Crippen LogP contribution in [0.2, 0.25) is 0 Å². The number of ether oxygens (including phenoxy) is 1. The number of unbranched alkanes of at least 4 members (excludes halogenated alkanes) is 1. The Morgan fingerprint density at radius 1 is 0.857 bits per heavy atom. The molecule has 1 aromatic carbocycles. The molecule has 2 rings (SSSR count). The van der Waals surface area contributed by atoms with Crippen molar-refractivity contribution in [3.63, 3.8) is 0 Å². The SMILES string of the molecule is NCCCCN1CCN(CCCOc2ccccc2)CC1. The zero-order chi connectivity index (χ0) is 14.8. The van der Waals surface area contributed by atoms with Gasteiger partial charge in [0.15, 0.2) is 0 Å². The van der Waals surface area contributed by atoms with Crippen molar-refractivity contribution in [2.24, 2.45) is 5.73 Å². The Morgan fingerprint density at radius 2 is 1.48 bits per heavy atom. The standard InChI is InChI=1S/C17H29N3O/c18-9-4-5-10-19-12-14-20(15-13-19)11-6-16-21-17-7-2-1-3-8-17/h1-3,7-8H,4-6,9-16,18H2. The summed E-state index contributed by atoms with van der Waals surface area (Å²) in [6, 6.07) is 10.1. The average molecular weight is 291 g/mol. The zero-order valence-electron chi connectivity index (χ0n) is 13.0. The van der Waals surface area contributed by atoms with Gasteiger partial charge in [-0.3, -0.25) is 0 Å². The monoisotopic (exact) mass is 291 g/mol. The van der Waals surface area contributed by atoms with Gasteiger partial charge in [-0.1, -0.05) is 18.2 Å². The van der Waals surface area contributed by atoms with Gasteiger partial charge in [0.2, 0.25) is 0 Å². The maximum atomic E-state index is 5.73. The number of hydrogen-bond acceptors (Lipinski definition) is 4. The Hall–Kier alpha value is -1.10. The lowest BCUT2D eigenvalue weighted by Crippen LogP contribution is -2.46. The summed E-state index contributed by atoms with van der Waals surface area (Å²) in [7, 11) is 0. The number of nitrogens with two attached hydrogens (primary N) is 1. The number of piperazine rings is 1. The van der Waals surface area contributed by atoms with E-state index < -0.39 is 0 Å². The lowest BCUT2D eigenvalue weighted by Gasteiger charge is -2.34. The molecular weight excluding hydrogens is 262 g/mol. The van der Waals surface area contributed by atoms with Gasteiger partial charge in [0.05, 0.1) is 6.61 Å². The molecule has 0 saturated carbocycles. The molecule has 1 aliphatic rings. The van der Waals surface area contributed by atoms with Crippen LogP contribution in [0.1, 0.15) is 19.3 Å². The molecule has 0 spiro atoms. The molecule has 0 atom stereocenters. The quantitative estimate of drug-likeness (QED) is 0.705. The van der Waals surface area contributed by atoms with E-state index in [1.54, 1.807) is 0 Å². The van der Waals surface area contributed by atoms with Gasteiger partial charge in [-0.2, -0.15) is 0 Å². The molecule has 1 aliphatic heterocycles. The molecule has 0 amide bonds. The first-order valence-electron chi connectivity index (χ1n) is 8.21. The zero-order valence-corrected chi connectivity index (χ0v) is 13.0. The number of hydrogen-bond donors (Lipinski definition) is 1. The third-order valence-electron chi connectivity index (χ3n) is 4.02. The molecule has 1 fully saturated rings. The summed E-state index contributed by atoms with van der Waals surface area (Å²) < 4.78 is 5.73. The molecule has 4 heteroatoms. The molecule has 2 N–H and O–H groups in total. The van der Waals surface area contributed by atoms with Crippen molar-refractivity contribution in [1.29, 1.82) is 0 Å². The lowest BCUT2D eigenvalue weighted by atomic mass is 10.2. The highest BCUT2D eigenvalue weighted by Gasteiger charge is 2.15. The predicted octanol–water partition coefficient (Wildman–Crippen LogP) is 1.81. The van der Waals surface area contributed by atoms with E-state index in [4.69, 9.17) is 10.5 Å². The third-order valence-corrected chi connectivity index (χ3v) is 4.02. The highest BCUT2D eigenvalue weighted by molar-refractivity contribution is 5.20. The van der Waals surface area contributed by atoms with E-state index in [-0.39, 0.29) is 0 Å². The summed E-state index contributed by atoms with van der Waals surface area (Å²) in [6.07, 6.45) is 3.49. The average Bonchev–Trinajstić information content (AvgIpc) is 2.54. The molecule has 4 nitrogen and oxygen atoms in total. The van der Waals surface area contributed by atoms with Crippen molar-refractivity contribution >= 4 is 0 Å². The Morgan fingerprint density at radius 3 is 2.10 bits per heavy atom. The maximum absolute atomic E-state index is 5.73. The summed E-state index contributed by atoms with van der Waals surface area (Å²) >= 11 is 0. The van der Waals surface area contributed by atoms with E-state index in [1.807, 2.05) is 30.3 Å². The fraction of sp³-hybridized carbons (Fsp3) is 0.647. The van der Waals surface area contributed by atoms with Crippen LogP contribution in [-0.2, 0) is 0 Å². The van der Waals surface area contributed by atoms with Crippen molar-refractivity contribution in [2.75, 3.05) is 52.4 Å². The van der Waals surface area contributed by atoms with Crippen LogP contribution in [-0.4, -0.2) is 62.2 Å². The Kier molecular flexibility index (Phi) is 7.57. The number of rotatable bonds is 9. The fourth-order valence-corrected chi connectivity index (χ4v) is 2.71. The van der Waals surface area contributed by atoms with Gasteiger partial charge in [-0.05, 0) is 44.5 Å². The number of nitrogens with zero attached hydrogens (tertiary/aromatic N) is 2. The topological polar surface area (TPSA) is 41.7 Å². The van der Waals surface area contributed by atoms with E-state index in [9.17, 15) is 0 Å². The summed E-state index contributed by atoms with van der Waals surface area (Å²) in [6.45, 7) is 8.75. The highest BCUT2D eigenvalue weighted by atomic mass is 16.5. The first-order valence-corrected chi connectivity index (χ1v) is 8.21. The Balaban J connectivity index is 1.51. The van der Waals surface area contributed by atoms with Crippen molar-refractivity contribution in [2.45, 2.75) is 19.3 Å². The smallest absolute Gasteiger partial charge is 0.119 e. The van der Waals surface area contributed by atoms with Crippen molar-refractivity contribution in [3.8, 4) is 5.75 Å². The first-order chi connectivity index (χ1) is 10.4. The van der Waals surface area contributed by atoms with E-state index >= 15 is 0 Å². The first kappa shape index (κ1) is 16.3. The van der Waals surface area contributed by atoms with Crippen LogP contribution in [0.25, 0.3) is 0 Å². The maximum Gasteiger partial charge on any atom is 0.119 e. The van der Waals surface area contributed by atoms with Gasteiger partial charge in [0.1, 0.15) is 5.75 Å². The van der Waals surface area contributed by atoms with Gasteiger partial charge >= 0.3 is 0 Å². The molecule has 0 radical (unpaired) electrons. The molecular formula is C17H29N3O. The summed E-state index contributed by atoms with van der Waals surface area (Å²) in [5.74, 6) is 0.974. The molecule has 0 unspecified atom stereocenters. The Labute approximate surface area is 128 Å². The molecule has 0 aliphatic carbocycles. The van der Waals surface area contributed by atoms with Crippen LogP contribution in [0.5, 0.6) is 5.75 Å². The highest BCUT2D eigenvalue weighted by Crippen LogP contribution is 2.09. The van der Waals surface area contributed by atoms with E-state index in [0.29, 0.717) is 0 Å². The minimum Gasteiger partial charge on any atom is -0.494 e. The van der Waals surface area contributed by atoms with E-state index in [2.05, 4.69) is 9.80 Å². The van der Waals surface area contributed by atoms with Crippen LogP contribution in [0.4, 0.5) is 0 Å². The second-order valence-corrected chi connectivity index (χ2v) is 5.69. The van der Waals surface area contributed by atoms with Gasteiger partial charge in [-0.15, -0.1) is 0 Å². The normalized spacial score (nSPS) is 17.0. The number of para-hydroxylation sites is 1. The van der Waals surface area contributed by atoms with Crippen LogP contribution in [0.3, 0.4) is 0 Å². The molecule has 118 valence electrons. The largest absolute Gasteiger partial charge is 0.494 e. The van der Waals surface area contributed by atoms with Crippen molar-refractivity contribution in [1.82, 2.24) is 9.80 Å². The van der Waals surface area contributed by atoms with Crippen LogP contribution < -0.4 is 10.5 Å². The fourth-order valence-electron chi connectivity index (χ4n) is 2.71. The molecule has 21 heavy (non-hydrogen) atoms. The van der Waals surface area contributed by atoms with E-state index in [1.165, 1.54) is 39.1 Å².